The van der Waals surface area contributed by atoms with Gasteiger partial charge in [0.05, 0.1) is 11.2 Å². The molecule has 0 spiro atoms. The average molecular weight is 293 g/mol. The van der Waals surface area contributed by atoms with E-state index in [9.17, 15) is 16.8 Å². The topological polar surface area (TPSA) is 101 Å². The van der Waals surface area contributed by atoms with Crippen LogP contribution in [-0.2, 0) is 26.3 Å². The quantitative estimate of drug-likeness (QED) is 0.795. The summed E-state index contributed by atoms with van der Waals surface area (Å²) in [7, 11) is -6.94. The molecule has 0 atom stereocenters. The lowest BCUT2D eigenvalue weighted by molar-refractivity contribution is 0.298. The molecule has 0 unspecified atom stereocenters. The lowest BCUT2D eigenvalue weighted by Gasteiger charge is -2.10. The molecule has 1 rings (SSSR count). The van der Waals surface area contributed by atoms with Crippen LogP contribution >= 0.6 is 0 Å². The van der Waals surface area contributed by atoms with E-state index in [1.165, 1.54) is 18.2 Å². The Balaban J connectivity index is 3.30. The van der Waals surface area contributed by atoms with Crippen molar-refractivity contribution in [1.82, 2.24) is 0 Å². The lowest BCUT2D eigenvalue weighted by atomic mass is 10.1. The van der Waals surface area contributed by atoms with E-state index in [0.29, 0.717) is 5.56 Å². The zero-order chi connectivity index (χ0) is 14.0. The van der Waals surface area contributed by atoms with Crippen molar-refractivity contribution in [2.75, 3.05) is 23.8 Å². The highest BCUT2D eigenvalue weighted by molar-refractivity contribution is 7.92. The molecule has 1 aromatic carbocycles. The molecule has 0 aliphatic heterocycles. The molecule has 0 saturated carbocycles. The summed E-state index contributed by atoms with van der Waals surface area (Å²) in [5, 5.41) is 8.86. The predicted molar refractivity (Wildman–Crippen MR) is 68.8 cm³/mol. The van der Waals surface area contributed by atoms with Crippen LogP contribution in [0.15, 0.2) is 23.1 Å². The van der Waals surface area contributed by atoms with Crippen molar-refractivity contribution in [2.24, 2.45) is 0 Å². The molecule has 0 amide bonds. The normalized spacial score (nSPS) is 12.4. The standard InChI is InChI=1S/C10H15NO5S2/c1-17(13,14)10-7-9(11-18(2,15)16)4-3-8(10)5-6-12/h3-4,7,11-12H,5-6H2,1-2H3. The summed E-state index contributed by atoms with van der Waals surface area (Å²) >= 11 is 0. The Labute approximate surface area is 107 Å². The second kappa shape index (κ2) is 5.25. The molecule has 0 aliphatic carbocycles. The van der Waals surface area contributed by atoms with Gasteiger partial charge in [0, 0.05) is 18.6 Å². The van der Waals surface area contributed by atoms with Crippen molar-refractivity contribution < 1.29 is 21.9 Å². The number of aliphatic hydroxyl groups excluding tert-OH is 1. The Morgan fingerprint density at radius 2 is 1.78 bits per heavy atom. The average Bonchev–Trinajstić information content (AvgIpc) is 2.16. The maximum Gasteiger partial charge on any atom is 0.229 e. The molecule has 0 radical (unpaired) electrons. The van der Waals surface area contributed by atoms with Crippen LogP contribution in [-0.4, -0.2) is 41.1 Å². The Morgan fingerprint density at radius 1 is 1.17 bits per heavy atom. The largest absolute Gasteiger partial charge is 0.396 e. The van der Waals surface area contributed by atoms with E-state index in [4.69, 9.17) is 5.11 Å². The number of sulfonamides is 1. The third-order valence-corrected chi connectivity index (χ3v) is 3.94. The molecule has 18 heavy (non-hydrogen) atoms. The number of hydrogen-bond donors (Lipinski definition) is 2. The molecular weight excluding hydrogens is 278 g/mol. The number of nitrogens with one attached hydrogen (secondary N) is 1. The van der Waals surface area contributed by atoms with Crippen molar-refractivity contribution in [2.45, 2.75) is 11.3 Å². The lowest BCUT2D eigenvalue weighted by Crippen LogP contribution is -2.11. The van der Waals surface area contributed by atoms with Crippen LogP contribution in [0.5, 0.6) is 0 Å². The van der Waals surface area contributed by atoms with Crippen LogP contribution in [0, 0.1) is 0 Å². The Morgan fingerprint density at radius 3 is 2.22 bits per heavy atom. The van der Waals surface area contributed by atoms with Gasteiger partial charge in [-0.2, -0.15) is 0 Å². The van der Waals surface area contributed by atoms with Crippen molar-refractivity contribution in [1.29, 1.82) is 0 Å². The number of sulfone groups is 1. The van der Waals surface area contributed by atoms with Gasteiger partial charge in [-0.1, -0.05) is 6.07 Å². The monoisotopic (exact) mass is 293 g/mol. The number of benzene rings is 1. The summed E-state index contributed by atoms with van der Waals surface area (Å²) in [6.07, 6.45) is 2.21. The molecule has 2 N–H and O–H groups in total. The van der Waals surface area contributed by atoms with E-state index in [2.05, 4.69) is 4.72 Å². The van der Waals surface area contributed by atoms with Gasteiger partial charge in [-0.25, -0.2) is 16.8 Å². The molecule has 0 saturated heterocycles. The molecule has 102 valence electrons. The van der Waals surface area contributed by atoms with Crippen molar-refractivity contribution in [3.63, 3.8) is 0 Å². The maximum atomic E-state index is 11.6. The fraction of sp³-hybridized carbons (Fsp3) is 0.400. The molecule has 0 aromatic heterocycles. The first-order valence-electron chi connectivity index (χ1n) is 5.05. The van der Waals surface area contributed by atoms with Gasteiger partial charge >= 0.3 is 0 Å². The number of hydrogen-bond acceptors (Lipinski definition) is 5. The van der Waals surface area contributed by atoms with Gasteiger partial charge < -0.3 is 5.11 Å². The maximum absolute atomic E-state index is 11.6. The first kappa shape index (κ1) is 14.9. The highest BCUT2D eigenvalue weighted by Crippen LogP contribution is 2.21. The fourth-order valence-electron chi connectivity index (χ4n) is 1.50. The highest BCUT2D eigenvalue weighted by Gasteiger charge is 2.14. The molecule has 6 nitrogen and oxygen atoms in total. The summed E-state index contributed by atoms with van der Waals surface area (Å²) in [6.45, 7) is -0.179. The van der Waals surface area contributed by atoms with Gasteiger partial charge in [0.15, 0.2) is 9.84 Å². The molecule has 1 aromatic rings. The molecule has 0 heterocycles. The first-order chi connectivity index (χ1) is 8.13. The number of anilines is 1. The fourth-order valence-corrected chi connectivity index (χ4v) is 3.05. The summed E-state index contributed by atoms with van der Waals surface area (Å²) in [4.78, 5) is 0.0187. The number of rotatable bonds is 5. The zero-order valence-electron chi connectivity index (χ0n) is 10.0. The van der Waals surface area contributed by atoms with Gasteiger partial charge in [-0.05, 0) is 24.1 Å². The second-order valence-corrected chi connectivity index (χ2v) is 7.68. The van der Waals surface area contributed by atoms with Crippen LogP contribution in [0.4, 0.5) is 5.69 Å². The summed E-state index contributed by atoms with van der Waals surface area (Å²) in [6, 6.07) is 4.20. The summed E-state index contributed by atoms with van der Waals surface area (Å²) < 4.78 is 47.5. The molecule has 0 fully saturated rings. The Kier molecular flexibility index (Phi) is 4.36. The minimum absolute atomic E-state index is 0.0187. The van der Waals surface area contributed by atoms with Crippen LogP contribution < -0.4 is 4.72 Å². The molecule has 8 heteroatoms. The SMILES string of the molecule is CS(=O)(=O)Nc1ccc(CCO)c(S(C)(=O)=O)c1. The smallest absolute Gasteiger partial charge is 0.229 e. The van der Waals surface area contributed by atoms with E-state index in [-0.39, 0.29) is 23.6 Å². The van der Waals surface area contributed by atoms with Gasteiger partial charge in [-0.3, -0.25) is 4.72 Å². The molecule has 0 aliphatic rings. The first-order valence-corrected chi connectivity index (χ1v) is 8.83. The third kappa shape index (κ3) is 4.28. The van der Waals surface area contributed by atoms with E-state index >= 15 is 0 Å². The van der Waals surface area contributed by atoms with Gasteiger partial charge in [0.25, 0.3) is 0 Å². The van der Waals surface area contributed by atoms with Crippen LogP contribution in [0.1, 0.15) is 5.56 Å². The van der Waals surface area contributed by atoms with Gasteiger partial charge in [0.1, 0.15) is 0 Å². The minimum atomic E-state index is -3.48. The molecule has 0 bridgehead atoms. The third-order valence-electron chi connectivity index (χ3n) is 2.15. The number of aliphatic hydroxyl groups is 1. The Hall–Kier alpha value is -1.12. The highest BCUT2D eigenvalue weighted by atomic mass is 32.2. The van der Waals surface area contributed by atoms with E-state index in [0.717, 1.165) is 12.5 Å². The van der Waals surface area contributed by atoms with Gasteiger partial charge in [0.2, 0.25) is 10.0 Å². The van der Waals surface area contributed by atoms with Crippen molar-refractivity contribution >= 4 is 25.5 Å². The van der Waals surface area contributed by atoms with Crippen molar-refractivity contribution in [3.8, 4) is 0 Å². The summed E-state index contributed by atoms with van der Waals surface area (Å²) in [5.74, 6) is 0. The molecular formula is C10H15NO5S2. The predicted octanol–water partition coefficient (Wildman–Crippen LogP) is -0.00360. The van der Waals surface area contributed by atoms with E-state index < -0.39 is 19.9 Å². The van der Waals surface area contributed by atoms with E-state index in [1.54, 1.807) is 0 Å². The van der Waals surface area contributed by atoms with Gasteiger partial charge in [-0.15, -0.1) is 0 Å². The zero-order valence-corrected chi connectivity index (χ0v) is 11.7. The summed E-state index contributed by atoms with van der Waals surface area (Å²) in [5.41, 5.74) is 0.638. The Bertz CT molecular complexity index is 634. The van der Waals surface area contributed by atoms with Crippen LogP contribution in [0.3, 0.4) is 0 Å². The van der Waals surface area contributed by atoms with E-state index in [1.807, 2.05) is 0 Å². The van der Waals surface area contributed by atoms with Crippen molar-refractivity contribution in [3.05, 3.63) is 23.8 Å². The second-order valence-electron chi connectivity index (χ2n) is 3.94. The van der Waals surface area contributed by atoms with Crippen LogP contribution in [0.2, 0.25) is 0 Å². The van der Waals surface area contributed by atoms with Crippen LogP contribution in [0.25, 0.3) is 0 Å². The minimum Gasteiger partial charge on any atom is -0.396 e.